The molecule has 0 spiro atoms. The lowest BCUT2D eigenvalue weighted by Gasteiger charge is -2.30. The van der Waals surface area contributed by atoms with Gasteiger partial charge in [0, 0.05) is 68.0 Å². The topological polar surface area (TPSA) is 43.9 Å². The van der Waals surface area contributed by atoms with Gasteiger partial charge in [0.1, 0.15) is 0 Å². The Kier molecular flexibility index (Phi) is 5.05. The fraction of sp³-hybridized carbons (Fsp3) is 0.520. The van der Waals surface area contributed by atoms with Gasteiger partial charge in [-0.2, -0.15) is 0 Å². The van der Waals surface area contributed by atoms with Crippen molar-refractivity contribution in [1.82, 2.24) is 4.90 Å². The molecule has 2 aromatic carbocycles. The molecule has 3 aliphatic rings. The zero-order valence-corrected chi connectivity index (χ0v) is 19.4. The van der Waals surface area contributed by atoms with E-state index in [0.717, 1.165) is 38.4 Å². The van der Waals surface area contributed by atoms with Gasteiger partial charge in [0.25, 0.3) is 0 Å². The summed E-state index contributed by atoms with van der Waals surface area (Å²) >= 11 is 0. The van der Waals surface area contributed by atoms with Crippen LogP contribution in [0.3, 0.4) is 0 Å². The van der Waals surface area contributed by atoms with Gasteiger partial charge in [-0.05, 0) is 29.8 Å². The molecule has 0 bridgehead atoms. The molecule has 2 atom stereocenters. The lowest BCUT2D eigenvalue weighted by molar-refractivity contribution is 0.212. The van der Waals surface area contributed by atoms with Crippen molar-refractivity contribution >= 4 is 21.2 Å². The Morgan fingerprint density at radius 3 is 1.81 bits per heavy atom. The predicted octanol–water partition coefficient (Wildman–Crippen LogP) is 3.27. The van der Waals surface area contributed by atoms with Crippen LogP contribution in [0.25, 0.3) is 0 Å². The molecule has 0 N–H and O–H groups in total. The Morgan fingerprint density at radius 1 is 0.742 bits per heavy atom. The van der Waals surface area contributed by atoms with Gasteiger partial charge in [-0.3, -0.25) is 4.90 Å². The number of likely N-dealkylation sites (tertiary alicyclic amines) is 1. The highest BCUT2D eigenvalue weighted by atomic mass is 32.2. The van der Waals surface area contributed by atoms with Crippen LogP contribution in [0.15, 0.2) is 54.6 Å². The molecule has 3 fully saturated rings. The van der Waals surface area contributed by atoms with Gasteiger partial charge in [-0.15, -0.1) is 0 Å². The van der Waals surface area contributed by atoms with Crippen LogP contribution in [-0.4, -0.2) is 64.1 Å². The van der Waals surface area contributed by atoms with Crippen molar-refractivity contribution in [3.63, 3.8) is 0 Å². The van der Waals surface area contributed by atoms with Gasteiger partial charge in [0.15, 0.2) is 9.84 Å². The fourth-order valence-electron chi connectivity index (χ4n) is 5.79. The summed E-state index contributed by atoms with van der Waals surface area (Å²) in [7, 11) is -2.85. The van der Waals surface area contributed by atoms with E-state index in [2.05, 4.69) is 83.1 Å². The van der Waals surface area contributed by atoms with E-state index in [9.17, 15) is 8.42 Å². The zero-order chi connectivity index (χ0) is 21.7. The van der Waals surface area contributed by atoms with Crippen molar-refractivity contribution in [3.05, 3.63) is 60.2 Å². The highest BCUT2D eigenvalue weighted by Gasteiger charge is 2.57. The quantitative estimate of drug-likeness (QED) is 0.732. The molecule has 0 amide bonds. The molecule has 2 unspecified atom stereocenters. The fourth-order valence-corrected chi connectivity index (χ4v) is 6.99. The van der Waals surface area contributed by atoms with E-state index < -0.39 is 9.84 Å². The molecular weight excluding hydrogens is 406 g/mol. The second-order valence-electron chi connectivity index (χ2n) is 10.3. The number of sulfone groups is 1. The number of rotatable bonds is 4. The average Bonchev–Trinajstić information content (AvgIpc) is 3.12. The Labute approximate surface area is 186 Å². The molecular formula is C25H33N3O2S. The second-order valence-corrected chi connectivity index (χ2v) is 12.6. The molecule has 31 heavy (non-hydrogen) atoms. The van der Waals surface area contributed by atoms with Gasteiger partial charge in [0.05, 0.1) is 11.5 Å². The molecule has 0 aromatic heterocycles. The Hall–Kier alpha value is -2.05. The van der Waals surface area contributed by atoms with Crippen molar-refractivity contribution in [1.29, 1.82) is 0 Å². The Bertz CT molecular complexity index is 1010. The number of hydrogen-bond donors (Lipinski definition) is 0. The van der Waals surface area contributed by atoms with Gasteiger partial charge in [-0.1, -0.05) is 44.2 Å². The van der Waals surface area contributed by atoms with Gasteiger partial charge >= 0.3 is 0 Å². The van der Waals surface area contributed by atoms with E-state index >= 15 is 0 Å². The average molecular weight is 440 g/mol. The summed E-state index contributed by atoms with van der Waals surface area (Å²) < 4.78 is 23.4. The molecule has 6 heteroatoms. The van der Waals surface area contributed by atoms with Crippen LogP contribution >= 0.6 is 0 Å². The monoisotopic (exact) mass is 439 g/mol. The van der Waals surface area contributed by atoms with Crippen LogP contribution in [0, 0.1) is 10.8 Å². The number of fused-ring (bicyclic) bond motifs is 1. The largest absolute Gasteiger partial charge is 0.370 e. The first-order valence-corrected chi connectivity index (χ1v) is 13.1. The number of benzene rings is 2. The van der Waals surface area contributed by atoms with Crippen molar-refractivity contribution in [2.45, 2.75) is 20.4 Å². The minimum absolute atomic E-state index is 0.261. The first-order valence-electron chi connectivity index (χ1n) is 11.3. The van der Waals surface area contributed by atoms with Crippen LogP contribution in [0.2, 0.25) is 0 Å². The summed E-state index contributed by atoms with van der Waals surface area (Å²) in [5, 5.41) is 0. The van der Waals surface area contributed by atoms with E-state index in [0.29, 0.717) is 13.1 Å². The second kappa shape index (κ2) is 7.52. The third kappa shape index (κ3) is 3.96. The molecule has 0 aliphatic carbocycles. The van der Waals surface area contributed by atoms with Gasteiger partial charge in [0.2, 0.25) is 0 Å². The van der Waals surface area contributed by atoms with Crippen molar-refractivity contribution < 1.29 is 8.42 Å². The van der Waals surface area contributed by atoms with Crippen LogP contribution in [0.4, 0.5) is 11.4 Å². The molecule has 3 heterocycles. The Morgan fingerprint density at radius 2 is 1.26 bits per heavy atom. The van der Waals surface area contributed by atoms with Crippen molar-refractivity contribution in [2.75, 3.05) is 60.6 Å². The summed E-state index contributed by atoms with van der Waals surface area (Å²) in [6.45, 7) is 11.6. The minimum Gasteiger partial charge on any atom is -0.370 e. The van der Waals surface area contributed by atoms with Crippen LogP contribution in [0.1, 0.15) is 19.4 Å². The summed E-state index contributed by atoms with van der Waals surface area (Å²) in [5.74, 6) is 0.522. The van der Waals surface area contributed by atoms with E-state index in [-0.39, 0.29) is 22.3 Å². The first-order chi connectivity index (χ1) is 14.8. The maximum absolute atomic E-state index is 11.7. The maximum atomic E-state index is 11.7. The number of hydrogen-bond acceptors (Lipinski definition) is 5. The molecule has 3 aliphatic heterocycles. The summed E-state index contributed by atoms with van der Waals surface area (Å²) in [4.78, 5) is 7.36. The predicted molar refractivity (Wildman–Crippen MR) is 127 cm³/mol. The molecule has 166 valence electrons. The van der Waals surface area contributed by atoms with Crippen LogP contribution < -0.4 is 9.80 Å². The molecule has 2 aromatic rings. The van der Waals surface area contributed by atoms with E-state index in [1.807, 2.05) is 0 Å². The first kappa shape index (κ1) is 20.8. The SMILES string of the molecule is CC12CN(Cc3ccccc3)CC1(C)CN(c1ccc(N3CCS(=O)(=O)CC3)cc1)C2. The maximum Gasteiger partial charge on any atom is 0.153 e. The highest BCUT2D eigenvalue weighted by Crippen LogP contribution is 2.52. The standard InChI is InChI=1S/C25H33N3O2S/c1-24-17-26(16-21-6-4-3-5-7-21)18-25(24,2)20-28(19-24)23-10-8-22(9-11-23)27-12-14-31(29,30)15-13-27/h3-11H,12-20H2,1-2H3. The van der Waals surface area contributed by atoms with E-state index in [4.69, 9.17) is 0 Å². The minimum atomic E-state index is -2.85. The van der Waals surface area contributed by atoms with Crippen molar-refractivity contribution in [3.8, 4) is 0 Å². The Balaban J connectivity index is 1.25. The number of nitrogens with zero attached hydrogens (tertiary/aromatic N) is 3. The molecule has 3 saturated heterocycles. The van der Waals surface area contributed by atoms with Gasteiger partial charge in [-0.25, -0.2) is 8.42 Å². The summed E-state index contributed by atoms with van der Waals surface area (Å²) in [6.07, 6.45) is 0. The molecule has 0 saturated carbocycles. The van der Waals surface area contributed by atoms with E-state index in [1.54, 1.807) is 0 Å². The molecule has 0 radical (unpaired) electrons. The third-order valence-electron chi connectivity index (χ3n) is 7.86. The normalized spacial score (nSPS) is 30.5. The lowest BCUT2D eigenvalue weighted by atomic mass is 9.71. The van der Waals surface area contributed by atoms with Crippen molar-refractivity contribution in [2.24, 2.45) is 10.8 Å². The van der Waals surface area contributed by atoms with E-state index in [1.165, 1.54) is 11.3 Å². The number of anilines is 2. The molecule has 5 nitrogen and oxygen atoms in total. The highest BCUT2D eigenvalue weighted by molar-refractivity contribution is 7.91. The molecule has 5 rings (SSSR count). The lowest BCUT2D eigenvalue weighted by Crippen LogP contribution is -2.40. The smallest absolute Gasteiger partial charge is 0.153 e. The van der Waals surface area contributed by atoms with Gasteiger partial charge < -0.3 is 9.80 Å². The van der Waals surface area contributed by atoms with Crippen LogP contribution in [-0.2, 0) is 16.4 Å². The van der Waals surface area contributed by atoms with Crippen LogP contribution in [0.5, 0.6) is 0 Å². The third-order valence-corrected chi connectivity index (χ3v) is 9.46. The summed E-state index contributed by atoms with van der Waals surface area (Å²) in [5.41, 5.74) is 4.36. The summed E-state index contributed by atoms with van der Waals surface area (Å²) in [6, 6.07) is 19.5. The zero-order valence-electron chi connectivity index (χ0n) is 18.6.